The summed E-state index contributed by atoms with van der Waals surface area (Å²) < 4.78 is 29.4. The first kappa shape index (κ1) is 19.9. The number of carboxylic acids is 1. The summed E-state index contributed by atoms with van der Waals surface area (Å²) in [6.07, 6.45) is 0. The first-order chi connectivity index (χ1) is 14.3. The number of anilines is 1. The number of nitrogens with zero attached hydrogens (tertiary/aromatic N) is 1. The zero-order chi connectivity index (χ0) is 21.6. The Labute approximate surface area is 176 Å². The number of halogens is 2. The molecule has 0 unspecified atom stereocenters. The van der Waals surface area contributed by atoms with Crippen molar-refractivity contribution in [2.75, 3.05) is 5.32 Å². The van der Waals surface area contributed by atoms with Crippen molar-refractivity contribution in [3.8, 4) is 10.4 Å². The molecule has 0 radical (unpaired) electrons. The van der Waals surface area contributed by atoms with E-state index in [-0.39, 0.29) is 32.3 Å². The number of rotatable bonds is 4. The van der Waals surface area contributed by atoms with Crippen LogP contribution in [0.25, 0.3) is 20.7 Å². The summed E-state index contributed by atoms with van der Waals surface area (Å²) in [6.45, 7) is 1.39. The van der Waals surface area contributed by atoms with Crippen molar-refractivity contribution in [2.24, 2.45) is 0 Å². The van der Waals surface area contributed by atoms with Gasteiger partial charge in [-0.25, -0.2) is 13.6 Å². The summed E-state index contributed by atoms with van der Waals surface area (Å²) in [5.74, 6) is -4.46. The fourth-order valence-electron chi connectivity index (χ4n) is 2.96. The van der Waals surface area contributed by atoms with Crippen LogP contribution in [0.15, 0.2) is 41.8 Å². The Morgan fingerprint density at radius 2 is 1.87 bits per heavy atom. The van der Waals surface area contributed by atoms with Gasteiger partial charge in [-0.05, 0) is 18.6 Å². The maximum atomic E-state index is 14.4. The van der Waals surface area contributed by atoms with Crippen molar-refractivity contribution in [2.45, 2.75) is 6.92 Å². The molecule has 1 amide bonds. The molecule has 0 spiro atoms. The summed E-state index contributed by atoms with van der Waals surface area (Å²) in [5, 5.41) is 25.6. The van der Waals surface area contributed by atoms with E-state index in [4.69, 9.17) is 0 Å². The van der Waals surface area contributed by atoms with Crippen LogP contribution in [0, 0.1) is 23.8 Å². The topological polar surface area (TPSA) is 93.3 Å². The number of thiophene rings is 1. The molecule has 30 heavy (non-hydrogen) atoms. The lowest BCUT2D eigenvalue weighted by Gasteiger charge is -2.07. The smallest absolute Gasteiger partial charge is 0.340 e. The number of amides is 1. The molecule has 0 saturated carbocycles. The molecule has 4 rings (SSSR count). The Hall–Kier alpha value is -3.37. The second kappa shape index (κ2) is 7.47. The van der Waals surface area contributed by atoms with Crippen LogP contribution in [0.1, 0.15) is 25.7 Å². The second-order valence-corrected chi connectivity index (χ2v) is 8.25. The number of carboxylic acid groups (broad SMARTS) is 1. The number of nitrogens with one attached hydrogen (secondary N) is 1. The van der Waals surface area contributed by atoms with Crippen LogP contribution >= 0.6 is 22.7 Å². The maximum Gasteiger partial charge on any atom is 0.340 e. The van der Waals surface area contributed by atoms with E-state index in [9.17, 15) is 28.7 Å². The van der Waals surface area contributed by atoms with Gasteiger partial charge in [-0.15, -0.1) is 16.1 Å². The number of benzene rings is 2. The van der Waals surface area contributed by atoms with Crippen LogP contribution in [-0.4, -0.2) is 17.0 Å². The van der Waals surface area contributed by atoms with Crippen LogP contribution in [0.4, 0.5) is 14.5 Å². The third kappa shape index (κ3) is 3.19. The number of para-hydroxylation sites is 1. The minimum Gasteiger partial charge on any atom is -0.617 e. The summed E-state index contributed by atoms with van der Waals surface area (Å²) >= 11 is 1.81. The van der Waals surface area contributed by atoms with Gasteiger partial charge >= 0.3 is 16.9 Å². The largest absolute Gasteiger partial charge is 0.617 e. The molecule has 0 saturated heterocycles. The third-order valence-electron chi connectivity index (χ3n) is 4.44. The molecule has 0 aliphatic heterocycles. The van der Waals surface area contributed by atoms with Gasteiger partial charge in [-0.2, -0.15) is 0 Å². The SMILES string of the molecule is Cc1ccc(-c2scc(NC(=O)c3sc4ccccc4[n+]3[O-])c2C(=O)O)c(F)c1F. The molecule has 2 heterocycles. The van der Waals surface area contributed by atoms with Crippen LogP contribution in [0.3, 0.4) is 0 Å². The molecule has 0 fully saturated rings. The Morgan fingerprint density at radius 3 is 2.57 bits per heavy atom. The Kier molecular flexibility index (Phi) is 4.96. The predicted molar refractivity (Wildman–Crippen MR) is 110 cm³/mol. The fourth-order valence-corrected chi connectivity index (χ4v) is 4.91. The zero-order valence-electron chi connectivity index (χ0n) is 15.2. The highest BCUT2D eigenvalue weighted by Gasteiger charge is 2.28. The number of aromatic carboxylic acids is 1. The number of aryl methyl sites for hydroxylation is 1. The van der Waals surface area contributed by atoms with E-state index in [1.54, 1.807) is 24.3 Å². The maximum absolute atomic E-state index is 14.4. The Morgan fingerprint density at radius 1 is 1.13 bits per heavy atom. The molecule has 10 heteroatoms. The van der Waals surface area contributed by atoms with Crippen molar-refractivity contribution in [1.29, 1.82) is 0 Å². The van der Waals surface area contributed by atoms with E-state index in [0.717, 1.165) is 22.7 Å². The number of hydrogen-bond donors (Lipinski definition) is 2. The van der Waals surface area contributed by atoms with E-state index in [2.05, 4.69) is 5.32 Å². The van der Waals surface area contributed by atoms with E-state index in [1.165, 1.54) is 24.4 Å². The molecule has 4 aromatic rings. The molecule has 0 atom stereocenters. The van der Waals surface area contributed by atoms with E-state index >= 15 is 0 Å². The molecular weight excluding hydrogens is 434 g/mol. The van der Waals surface area contributed by atoms with Gasteiger partial charge in [0, 0.05) is 17.0 Å². The number of hydrogen-bond acceptors (Lipinski definition) is 5. The highest BCUT2D eigenvalue weighted by Crippen LogP contribution is 2.38. The van der Waals surface area contributed by atoms with E-state index in [0.29, 0.717) is 14.9 Å². The van der Waals surface area contributed by atoms with Crippen LogP contribution in [-0.2, 0) is 0 Å². The van der Waals surface area contributed by atoms with Crippen molar-refractivity contribution in [3.05, 3.63) is 74.8 Å². The minimum atomic E-state index is -1.42. The summed E-state index contributed by atoms with van der Waals surface area (Å²) in [7, 11) is 0. The highest BCUT2D eigenvalue weighted by molar-refractivity contribution is 7.20. The molecule has 6 nitrogen and oxygen atoms in total. The molecule has 152 valence electrons. The predicted octanol–water partition coefficient (Wildman–Crippen LogP) is 4.80. The average molecular weight is 446 g/mol. The first-order valence-electron chi connectivity index (χ1n) is 8.51. The van der Waals surface area contributed by atoms with Crippen LogP contribution in [0.5, 0.6) is 0 Å². The number of fused-ring (bicyclic) bond motifs is 1. The molecule has 0 aliphatic carbocycles. The molecule has 0 aliphatic rings. The molecular formula is C20H12F2N2O4S2. The highest BCUT2D eigenvalue weighted by atomic mass is 32.1. The Balaban J connectivity index is 1.75. The second-order valence-electron chi connectivity index (χ2n) is 6.34. The quantitative estimate of drug-likeness (QED) is 0.348. The van der Waals surface area contributed by atoms with Gasteiger partial charge < -0.3 is 15.6 Å². The molecule has 2 N–H and O–H groups in total. The van der Waals surface area contributed by atoms with E-state index < -0.39 is 23.5 Å². The van der Waals surface area contributed by atoms with Gasteiger partial charge in [0.15, 0.2) is 11.6 Å². The zero-order valence-corrected chi connectivity index (χ0v) is 16.9. The normalized spacial score (nSPS) is 11.0. The van der Waals surface area contributed by atoms with E-state index in [1.807, 2.05) is 0 Å². The van der Waals surface area contributed by atoms with Crippen molar-refractivity contribution >= 4 is 50.5 Å². The molecule has 2 aromatic heterocycles. The number of thiazole rings is 1. The molecule has 2 aromatic carbocycles. The van der Waals surface area contributed by atoms with Gasteiger partial charge in [0.2, 0.25) is 5.52 Å². The third-order valence-corrected chi connectivity index (χ3v) is 6.57. The van der Waals surface area contributed by atoms with Crippen LogP contribution in [0.2, 0.25) is 0 Å². The summed E-state index contributed by atoms with van der Waals surface area (Å²) in [6, 6.07) is 9.27. The van der Waals surface area contributed by atoms with Gasteiger partial charge in [0.25, 0.3) is 0 Å². The fraction of sp³-hybridized carbons (Fsp3) is 0.0500. The standard InChI is InChI=1S/C20H12F2N2O4S2/c1-9-6-7-10(16(22)15(9)21)17-14(20(26)27)11(8-29-17)23-18(25)19-24(28)12-4-2-3-5-13(12)30-19/h2-8H,1H3,(H,23,25)(H,26,27). The van der Waals surface area contributed by atoms with Crippen LogP contribution < -0.4 is 10.0 Å². The van der Waals surface area contributed by atoms with Crippen molar-refractivity contribution < 1.29 is 28.2 Å². The lowest BCUT2D eigenvalue weighted by atomic mass is 10.1. The monoisotopic (exact) mass is 446 g/mol. The lowest BCUT2D eigenvalue weighted by Crippen LogP contribution is -2.34. The average Bonchev–Trinajstić information content (AvgIpc) is 3.28. The number of aromatic nitrogens is 1. The van der Waals surface area contributed by atoms with Crippen molar-refractivity contribution in [1.82, 2.24) is 0 Å². The molecule has 0 bridgehead atoms. The van der Waals surface area contributed by atoms with Gasteiger partial charge in [0.1, 0.15) is 10.3 Å². The lowest BCUT2D eigenvalue weighted by molar-refractivity contribution is -0.574. The number of carbonyl (C=O) groups is 2. The number of carbonyl (C=O) groups excluding carboxylic acids is 1. The van der Waals surface area contributed by atoms with Crippen molar-refractivity contribution in [3.63, 3.8) is 0 Å². The summed E-state index contributed by atoms with van der Waals surface area (Å²) in [4.78, 5) is 24.4. The minimum absolute atomic E-state index is 0.0412. The van der Waals surface area contributed by atoms with Gasteiger partial charge in [-0.3, -0.25) is 4.79 Å². The summed E-state index contributed by atoms with van der Waals surface area (Å²) in [5.41, 5.74) is -0.307. The van der Waals surface area contributed by atoms with Gasteiger partial charge in [-0.1, -0.05) is 35.6 Å². The Bertz CT molecular complexity index is 1330. The van der Waals surface area contributed by atoms with Gasteiger partial charge in [0.05, 0.1) is 10.6 Å². The first-order valence-corrected chi connectivity index (χ1v) is 10.2.